The van der Waals surface area contributed by atoms with E-state index >= 15 is 0 Å². The van der Waals surface area contributed by atoms with E-state index in [0.29, 0.717) is 29.5 Å². The van der Waals surface area contributed by atoms with Gasteiger partial charge in [0.25, 0.3) is 5.91 Å². The number of hydrogen-bond donors (Lipinski definition) is 1. The highest BCUT2D eigenvalue weighted by Crippen LogP contribution is 2.40. The van der Waals surface area contributed by atoms with Crippen LogP contribution >= 0.6 is 22.9 Å². The summed E-state index contributed by atoms with van der Waals surface area (Å²) in [5, 5.41) is 10.8. The Bertz CT molecular complexity index is 1020. The van der Waals surface area contributed by atoms with Gasteiger partial charge in [-0.2, -0.15) is 0 Å². The highest BCUT2D eigenvalue weighted by atomic mass is 35.5. The van der Waals surface area contributed by atoms with Crippen LogP contribution in [0.5, 0.6) is 16.6 Å². The van der Waals surface area contributed by atoms with Crippen molar-refractivity contribution in [3.63, 3.8) is 0 Å². The van der Waals surface area contributed by atoms with Crippen molar-refractivity contribution < 1.29 is 19.4 Å². The molecule has 1 N–H and O–H groups in total. The van der Waals surface area contributed by atoms with Crippen molar-refractivity contribution in [2.45, 2.75) is 12.5 Å². The average molecular weight is 430 g/mol. The Morgan fingerprint density at radius 2 is 2.03 bits per heavy atom. The maximum absolute atomic E-state index is 13.3. The maximum atomic E-state index is 13.3. The number of methoxy groups -OCH3 is 1. The van der Waals surface area contributed by atoms with E-state index in [1.165, 1.54) is 4.88 Å². The molecule has 0 spiro atoms. The predicted molar refractivity (Wildman–Crippen MR) is 113 cm³/mol. The Labute approximate surface area is 178 Å². The number of hydrogen-bond acceptors (Lipinski definition) is 5. The summed E-state index contributed by atoms with van der Waals surface area (Å²) in [5.74, 6) is 0.729. The third-order valence-electron chi connectivity index (χ3n) is 4.91. The van der Waals surface area contributed by atoms with E-state index < -0.39 is 0 Å². The second-order valence-electron chi connectivity index (χ2n) is 6.73. The first-order valence-electron chi connectivity index (χ1n) is 9.20. The lowest BCUT2D eigenvalue weighted by Crippen LogP contribution is -2.42. The van der Waals surface area contributed by atoms with Crippen LogP contribution in [0.3, 0.4) is 0 Å². The number of phenolic OH excluding ortho intramolecular Hbond substituents is 1. The Hall–Kier alpha value is -2.70. The minimum Gasteiger partial charge on any atom is -0.508 e. The fraction of sp³-hybridized carbons (Fsp3) is 0.227. The molecule has 1 aliphatic rings. The molecule has 7 heteroatoms. The molecule has 0 fully saturated rings. The second-order valence-corrected chi connectivity index (χ2v) is 8.26. The summed E-state index contributed by atoms with van der Waals surface area (Å²) in [5.41, 5.74) is 1.60. The molecule has 1 aliphatic heterocycles. The molecule has 1 atom stereocenters. The fourth-order valence-electron chi connectivity index (χ4n) is 3.47. The number of thiophene rings is 1. The Morgan fingerprint density at radius 1 is 1.24 bits per heavy atom. The van der Waals surface area contributed by atoms with E-state index in [0.717, 1.165) is 17.0 Å². The van der Waals surface area contributed by atoms with Gasteiger partial charge in [-0.25, -0.2) is 0 Å². The molecular weight excluding hydrogens is 410 g/mol. The summed E-state index contributed by atoms with van der Waals surface area (Å²) in [6.45, 7) is 0.885. The number of ether oxygens (including phenoxy) is 2. The molecule has 0 saturated heterocycles. The predicted octanol–water partition coefficient (Wildman–Crippen LogP) is 4.93. The molecule has 150 valence electrons. The quantitative estimate of drug-likeness (QED) is 0.624. The number of carbonyl (C=O) groups is 1. The third-order valence-corrected chi connectivity index (χ3v) is 6.32. The topological polar surface area (TPSA) is 59.0 Å². The molecule has 1 aromatic heterocycles. The van der Waals surface area contributed by atoms with Crippen molar-refractivity contribution in [2.75, 3.05) is 20.3 Å². The van der Waals surface area contributed by atoms with Crippen LogP contribution in [0.15, 0.2) is 54.6 Å². The Kier molecular flexibility index (Phi) is 5.65. The molecule has 29 heavy (non-hydrogen) atoms. The molecule has 5 nitrogen and oxygen atoms in total. The van der Waals surface area contributed by atoms with Gasteiger partial charge in [-0.05, 0) is 60.5 Å². The Balaban J connectivity index is 1.63. The van der Waals surface area contributed by atoms with Gasteiger partial charge in [0, 0.05) is 22.0 Å². The summed E-state index contributed by atoms with van der Waals surface area (Å²) >= 11 is 7.70. The highest BCUT2D eigenvalue weighted by Gasteiger charge is 2.34. The normalized spacial score (nSPS) is 15.7. The molecule has 3 aromatic rings. The van der Waals surface area contributed by atoms with Crippen molar-refractivity contribution in [1.82, 2.24) is 4.90 Å². The van der Waals surface area contributed by atoms with Gasteiger partial charge in [0.15, 0.2) is 5.06 Å². The maximum Gasteiger partial charge on any atom is 0.254 e. The van der Waals surface area contributed by atoms with Gasteiger partial charge in [-0.15, -0.1) is 11.3 Å². The minimum absolute atomic E-state index is 0.0809. The summed E-state index contributed by atoms with van der Waals surface area (Å²) < 4.78 is 11.4. The van der Waals surface area contributed by atoms with Gasteiger partial charge in [0.2, 0.25) is 0 Å². The number of phenols is 1. The smallest absolute Gasteiger partial charge is 0.254 e. The number of carbonyl (C=O) groups excluding carboxylic acids is 1. The summed E-state index contributed by atoms with van der Waals surface area (Å²) in [7, 11) is 1.65. The van der Waals surface area contributed by atoms with E-state index in [1.54, 1.807) is 67.0 Å². The number of benzene rings is 2. The van der Waals surface area contributed by atoms with Crippen molar-refractivity contribution in [3.8, 4) is 16.6 Å². The van der Waals surface area contributed by atoms with Crippen LogP contribution in [0.2, 0.25) is 5.02 Å². The number of nitrogens with zero attached hydrogens (tertiary/aromatic N) is 1. The van der Waals surface area contributed by atoms with Crippen LogP contribution < -0.4 is 9.47 Å². The molecule has 4 rings (SSSR count). The lowest BCUT2D eigenvalue weighted by molar-refractivity contribution is 0.0592. The van der Waals surface area contributed by atoms with Crippen molar-refractivity contribution >= 4 is 28.8 Å². The standard InChI is InChI=1S/C22H20ClNO4S/c1-27-21-12-18-19(13-28-17-7-5-16(25)6-8-17)24(10-9-20(18)29-21)22(26)14-3-2-4-15(23)11-14/h2-8,11-12,19,25H,9-10,13H2,1H3. The zero-order valence-electron chi connectivity index (χ0n) is 15.8. The number of amides is 1. The monoisotopic (exact) mass is 429 g/mol. The van der Waals surface area contributed by atoms with Crippen LogP contribution in [-0.4, -0.2) is 36.2 Å². The SMILES string of the molecule is COc1cc2c(s1)CCN(C(=O)c1cccc(Cl)c1)C2COc1ccc(O)cc1. The van der Waals surface area contributed by atoms with Crippen LogP contribution in [0.4, 0.5) is 0 Å². The van der Waals surface area contributed by atoms with E-state index in [1.807, 2.05) is 11.0 Å². The fourth-order valence-corrected chi connectivity index (χ4v) is 4.68. The molecule has 0 radical (unpaired) electrons. The van der Waals surface area contributed by atoms with Gasteiger partial charge < -0.3 is 19.5 Å². The second kappa shape index (κ2) is 8.35. The minimum atomic E-state index is -0.251. The van der Waals surface area contributed by atoms with Gasteiger partial charge in [0.05, 0.1) is 13.2 Å². The van der Waals surface area contributed by atoms with E-state index in [2.05, 4.69) is 0 Å². The zero-order chi connectivity index (χ0) is 20.4. The Morgan fingerprint density at radius 3 is 2.76 bits per heavy atom. The molecule has 2 aromatic carbocycles. The van der Waals surface area contributed by atoms with Crippen LogP contribution in [0.1, 0.15) is 26.8 Å². The summed E-state index contributed by atoms with van der Waals surface area (Å²) in [6.07, 6.45) is 0.769. The van der Waals surface area contributed by atoms with Crippen LogP contribution in [0.25, 0.3) is 0 Å². The van der Waals surface area contributed by atoms with Gasteiger partial charge >= 0.3 is 0 Å². The van der Waals surface area contributed by atoms with Crippen molar-refractivity contribution in [2.24, 2.45) is 0 Å². The summed E-state index contributed by atoms with van der Waals surface area (Å²) in [4.78, 5) is 16.3. The first kappa shape index (κ1) is 19.6. The molecule has 0 aliphatic carbocycles. The molecule has 1 amide bonds. The number of aromatic hydroxyl groups is 1. The largest absolute Gasteiger partial charge is 0.508 e. The number of fused-ring (bicyclic) bond motifs is 1. The molecular formula is C22H20ClNO4S. The third kappa shape index (κ3) is 4.18. The van der Waals surface area contributed by atoms with Gasteiger partial charge in [-0.3, -0.25) is 4.79 Å². The average Bonchev–Trinajstić information content (AvgIpc) is 3.16. The van der Waals surface area contributed by atoms with E-state index in [-0.39, 0.29) is 17.7 Å². The lowest BCUT2D eigenvalue weighted by atomic mass is 9.99. The molecule has 0 saturated carbocycles. The van der Waals surface area contributed by atoms with Crippen LogP contribution in [-0.2, 0) is 6.42 Å². The van der Waals surface area contributed by atoms with Crippen molar-refractivity contribution in [1.29, 1.82) is 0 Å². The van der Waals surface area contributed by atoms with Gasteiger partial charge in [0.1, 0.15) is 18.1 Å². The van der Waals surface area contributed by atoms with Gasteiger partial charge in [-0.1, -0.05) is 17.7 Å². The lowest BCUT2D eigenvalue weighted by Gasteiger charge is -2.35. The van der Waals surface area contributed by atoms with E-state index in [4.69, 9.17) is 21.1 Å². The highest BCUT2D eigenvalue weighted by molar-refractivity contribution is 7.14. The summed E-state index contributed by atoms with van der Waals surface area (Å²) in [6, 6.07) is 15.3. The van der Waals surface area contributed by atoms with E-state index in [9.17, 15) is 9.90 Å². The molecule has 1 unspecified atom stereocenters. The van der Waals surface area contributed by atoms with Crippen LogP contribution in [0, 0.1) is 0 Å². The first-order chi connectivity index (χ1) is 14.0. The van der Waals surface area contributed by atoms with Crippen molar-refractivity contribution in [3.05, 3.63) is 75.6 Å². The first-order valence-corrected chi connectivity index (χ1v) is 10.4. The molecule has 2 heterocycles. The number of rotatable bonds is 5. The number of halogens is 1. The zero-order valence-corrected chi connectivity index (χ0v) is 17.4. The molecule has 0 bridgehead atoms.